The van der Waals surface area contributed by atoms with E-state index in [4.69, 9.17) is 0 Å². The lowest BCUT2D eigenvalue weighted by molar-refractivity contribution is -0.123. The van der Waals surface area contributed by atoms with E-state index in [2.05, 4.69) is 0 Å². The molecule has 2 heterocycles. The second kappa shape index (κ2) is 6.99. The topological polar surface area (TPSA) is 40.6 Å². The molecular formula is C24H19FN2O2S. The van der Waals surface area contributed by atoms with Gasteiger partial charge in [0.25, 0.3) is 5.91 Å². The largest absolute Gasteiger partial charge is 0.304 e. The smallest absolute Gasteiger partial charge is 0.269 e. The Morgan fingerprint density at radius 2 is 1.67 bits per heavy atom. The molecule has 1 spiro atoms. The van der Waals surface area contributed by atoms with Crippen molar-refractivity contribution in [2.24, 2.45) is 0 Å². The van der Waals surface area contributed by atoms with Gasteiger partial charge in [-0.3, -0.25) is 14.5 Å². The summed E-state index contributed by atoms with van der Waals surface area (Å²) in [7, 11) is 0. The zero-order chi connectivity index (χ0) is 20.9. The molecule has 0 saturated carbocycles. The van der Waals surface area contributed by atoms with Crippen molar-refractivity contribution in [3.8, 4) is 0 Å². The first kappa shape index (κ1) is 18.9. The van der Waals surface area contributed by atoms with Gasteiger partial charge in [0.2, 0.25) is 10.8 Å². The molecule has 4 nitrogen and oxygen atoms in total. The molecule has 150 valence electrons. The summed E-state index contributed by atoms with van der Waals surface area (Å²) in [4.78, 5) is 29.1. The quantitative estimate of drug-likeness (QED) is 0.624. The van der Waals surface area contributed by atoms with Crippen LogP contribution < -0.4 is 9.80 Å². The van der Waals surface area contributed by atoms with Crippen molar-refractivity contribution in [1.82, 2.24) is 0 Å². The Morgan fingerprint density at radius 1 is 0.967 bits per heavy atom. The van der Waals surface area contributed by atoms with Crippen LogP contribution in [-0.4, -0.2) is 17.6 Å². The van der Waals surface area contributed by atoms with Gasteiger partial charge in [0, 0.05) is 11.3 Å². The molecule has 5 rings (SSSR count). The molecule has 0 N–H and O–H groups in total. The Bertz CT molecular complexity index is 1150. The van der Waals surface area contributed by atoms with Gasteiger partial charge in [0.05, 0.1) is 18.0 Å². The van der Waals surface area contributed by atoms with Crippen LogP contribution >= 0.6 is 11.8 Å². The van der Waals surface area contributed by atoms with Crippen molar-refractivity contribution < 1.29 is 14.0 Å². The van der Waals surface area contributed by atoms with E-state index in [1.807, 2.05) is 55.5 Å². The summed E-state index contributed by atoms with van der Waals surface area (Å²) in [6, 6.07) is 21.4. The molecule has 1 fully saturated rings. The van der Waals surface area contributed by atoms with Crippen molar-refractivity contribution in [2.75, 3.05) is 15.6 Å². The normalized spacial score (nSPS) is 20.3. The lowest BCUT2D eigenvalue weighted by Crippen LogP contribution is -2.49. The van der Waals surface area contributed by atoms with Crippen molar-refractivity contribution >= 4 is 35.0 Å². The lowest BCUT2D eigenvalue weighted by Gasteiger charge is -2.33. The molecule has 0 aliphatic carbocycles. The van der Waals surface area contributed by atoms with E-state index in [1.54, 1.807) is 21.9 Å². The monoisotopic (exact) mass is 418 g/mol. The highest BCUT2D eigenvalue weighted by Gasteiger charge is 2.60. The molecule has 3 aromatic carbocycles. The molecule has 0 radical (unpaired) electrons. The Kier molecular flexibility index (Phi) is 4.40. The van der Waals surface area contributed by atoms with Gasteiger partial charge >= 0.3 is 0 Å². The van der Waals surface area contributed by atoms with Gasteiger partial charge < -0.3 is 4.90 Å². The molecular weight excluding hydrogens is 399 g/mol. The summed E-state index contributed by atoms with van der Waals surface area (Å²) in [6.07, 6.45) is 0. The van der Waals surface area contributed by atoms with Gasteiger partial charge in [0.15, 0.2) is 0 Å². The number of carbonyl (C=O) groups excluding carboxylic acids is 2. The van der Waals surface area contributed by atoms with E-state index < -0.39 is 4.87 Å². The molecule has 0 aromatic heterocycles. The van der Waals surface area contributed by atoms with Crippen LogP contribution in [0.5, 0.6) is 0 Å². The number of para-hydroxylation sites is 1. The Hall–Kier alpha value is -3.12. The highest BCUT2D eigenvalue weighted by atomic mass is 32.2. The van der Waals surface area contributed by atoms with Crippen molar-refractivity contribution in [3.05, 3.63) is 95.3 Å². The maximum Gasteiger partial charge on any atom is 0.269 e. The third kappa shape index (κ3) is 2.75. The summed E-state index contributed by atoms with van der Waals surface area (Å²) in [5.74, 6) is -0.316. The highest BCUT2D eigenvalue weighted by Crippen LogP contribution is 2.55. The van der Waals surface area contributed by atoms with Crippen LogP contribution in [0.4, 0.5) is 15.8 Å². The second-order valence-electron chi connectivity index (χ2n) is 7.53. The van der Waals surface area contributed by atoms with Gasteiger partial charge in [-0.1, -0.05) is 48.0 Å². The first-order chi connectivity index (χ1) is 14.5. The van der Waals surface area contributed by atoms with Crippen LogP contribution in [0.1, 0.15) is 16.7 Å². The van der Waals surface area contributed by atoms with Crippen LogP contribution in [0.15, 0.2) is 72.8 Å². The van der Waals surface area contributed by atoms with Gasteiger partial charge in [-0.05, 0) is 42.8 Å². The average Bonchev–Trinajstić information content (AvgIpc) is 3.22. The fraction of sp³-hybridized carbons (Fsp3) is 0.167. The zero-order valence-corrected chi connectivity index (χ0v) is 17.2. The third-order valence-corrected chi connectivity index (χ3v) is 7.00. The Labute approximate surface area is 178 Å². The molecule has 2 amide bonds. The summed E-state index contributed by atoms with van der Waals surface area (Å²) >= 11 is 1.36. The number of amides is 2. The number of benzene rings is 3. The van der Waals surface area contributed by atoms with Crippen molar-refractivity contribution in [3.63, 3.8) is 0 Å². The average molecular weight is 418 g/mol. The number of rotatable bonds is 3. The molecule has 30 heavy (non-hydrogen) atoms. The third-order valence-electron chi connectivity index (χ3n) is 5.61. The SMILES string of the molecule is Cc1ccc(N2C(=O)CSC23C(=O)N(Cc2ccc(F)cc2)c2ccccc23)cc1. The van der Waals surface area contributed by atoms with Gasteiger partial charge in [-0.2, -0.15) is 0 Å². The fourth-order valence-electron chi connectivity index (χ4n) is 4.18. The lowest BCUT2D eigenvalue weighted by atomic mass is 10.0. The van der Waals surface area contributed by atoms with Crippen molar-refractivity contribution in [2.45, 2.75) is 18.3 Å². The highest BCUT2D eigenvalue weighted by molar-refractivity contribution is 8.02. The zero-order valence-electron chi connectivity index (χ0n) is 16.3. The van der Waals surface area contributed by atoms with Crippen LogP contribution in [0.25, 0.3) is 0 Å². The van der Waals surface area contributed by atoms with Crippen LogP contribution in [0, 0.1) is 12.7 Å². The molecule has 2 aliphatic heterocycles. The predicted molar refractivity (Wildman–Crippen MR) is 117 cm³/mol. The molecule has 2 aliphatic rings. The molecule has 6 heteroatoms. The summed E-state index contributed by atoms with van der Waals surface area (Å²) < 4.78 is 13.3. The standard InChI is InChI=1S/C24H19FN2O2S/c1-16-6-12-19(13-7-16)27-22(28)15-30-24(27)20-4-2-3-5-21(20)26(23(24)29)14-17-8-10-18(25)11-9-17/h2-13H,14-15H2,1H3. The fourth-order valence-corrected chi connectivity index (χ4v) is 5.54. The number of fused-ring (bicyclic) bond motifs is 2. The van der Waals surface area contributed by atoms with E-state index in [1.165, 1.54) is 23.9 Å². The molecule has 1 saturated heterocycles. The minimum Gasteiger partial charge on any atom is -0.304 e. The number of halogens is 1. The minimum atomic E-state index is -1.12. The van der Waals surface area contributed by atoms with Crippen LogP contribution in [-0.2, 0) is 21.0 Å². The van der Waals surface area contributed by atoms with Crippen LogP contribution in [0.2, 0.25) is 0 Å². The molecule has 1 unspecified atom stereocenters. The van der Waals surface area contributed by atoms with E-state index in [0.29, 0.717) is 12.2 Å². The molecule has 0 bridgehead atoms. The predicted octanol–water partition coefficient (Wildman–Crippen LogP) is 4.61. The number of carbonyl (C=O) groups is 2. The molecule has 3 aromatic rings. The first-order valence-corrected chi connectivity index (χ1v) is 10.7. The molecule has 1 atom stereocenters. The maximum atomic E-state index is 13.9. The Morgan fingerprint density at radius 3 is 2.40 bits per heavy atom. The number of nitrogens with zero attached hydrogens (tertiary/aromatic N) is 2. The summed E-state index contributed by atoms with van der Waals surface area (Å²) in [5.41, 5.74) is 4.22. The van der Waals surface area contributed by atoms with Gasteiger partial charge in [-0.25, -0.2) is 4.39 Å². The van der Waals surface area contributed by atoms with Crippen LogP contribution in [0.3, 0.4) is 0 Å². The van der Waals surface area contributed by atoms with Gasteiger partial charge in [0.1, 0.15) is 5.82 Å². The van der Waals surface area contributed by atoms with E-state index >= 15 is 0 Å². The Balaban J connectivity index is 1.62. The van der Waals surface area contributed by atoms with Crippen molar-refractivity contribution in [1.29, 1.82) is 0 Å². The van der Waals surface area contributed by atoms with E-state index in [-0.39, 0.29) is 23.4 Å². The van der Waals surface area contributed by atoms with Gasteiger partial charge in [-0.15, -0.1) is 11.8 Å². The number of aryl methyl sites for hydroxylation is 1. The number of thioether (sulfide) groups is 1. The summed E-state index contributed by atoms with van der Waals surface area (Å²) in [5, 5.41) is 0. The van der Waals surface area contributed by atoms with E-state index in [0.717, 1.165) is 22.4 Å². The first-order valence-electron chi connectivity index (χ1n) is 9.70. The minimum absolute atomic E-state index is 0.0874. The number of anilines is 2. The van der Waals surface area contributed by atoms with E-state index in [9.17, 15) is 14.0 Å². The summed E-state index contributed by atoms with van der Waals surface area (Å²) in [6.45, 7) is 2.30. The second-order valence-corrected chi connectivity index (χ2v) is 8.70. The number of hydrogen-bond donors (Lipinski definition) is 0. The number of hydrogen-bond acceptors (Lipinski definition) is 3. The maximum absolute atomic E-state index is 13.9.